The van der Waals surface area contributed by atoms with Crippen LogP contribution in [-0.2, 0) is 17.6 Å². The molecule has 2 N–H and O–H groups in total. The summed E-state index contributed by atoms with van der Waals surface area (Å²) in [6.45, 7) is 0.525. The van der Waals surface area contributed by atoms with Crippen molar-refractivity contribution in [3.63, 3.8) is 0 Å². The van der Waals surface area contributed by atoms with Crippen molar-refractivity contribution in [2.45, 2.75) is 19.3 Å². The number of nitro groups is 1. The summed E-state index contributed by atoms with van der Waals surface area (Å²) in [6.07, 6.45) is 3.34. The van der Waals surface area contributed by atoms with Crippen LogP contribution in [0, 0.1) is 10.1 Å². The third-order valence-corrected chi connectivity index (χ3v) is 5.50. The largest absolute Gasteiger partial charge is 0.423 e. The number of aryl methyl sites for hydroxylation is 1. The SMILES string of the molecule is O=C(CCc1ccccc1OC(=O)c1ccc([N+](=O)[O-])cc1)NCCc1c[nH]c2ccccc12. The number of nitro benzene ring substituents is 1. The molecule has 4 rings (SSSR count). The molecule has 8 nitrogen and oxygen atoms in total. The minimum Gasteiger partial charge on any atom is -0.423 e. The fourth-order valence-corrected chi connectivity index (χ4v) is 3.70. The number of hydrogen-bond donors (Lipinski definition) is 2. The smallest absolute Gasteiger partial charge is 0.343 e. The normalized spacial score (nSPS) is 10.7. The number of para-hydroxylation sites is 2. The van der Waals surface area contributed by atoms with Crippen LogP contribution < -0.4 is 10.1 Å². The van der Waals surface area contributed by atoms with Crippen molar-refractivity contribution < 1.29 is 19.2 Å². The molecule has 4 aromatic rings. The highest BCUT2D eigenvalue weighted by Crippen LogP contribution is 2.22. The van der Waals surface area contributed by atoms with E-state index in [4.69, 9.17) is 4.74 Å². The second-order valence-electron chi connectivity index (χ2n) is 7.76. The van der Waals surface area contributed by atoms with E-state index in [-0.39, 0.29) is 23.6 Å². The number of nitrogens with zero attached hydrogens (tertiary/aromatic N) is 1. The summed E-state index contributed by atoms with van der Waals surface area (Å²) in [5.41, 5.74) is 3.05. The van der Waals surface area contributed by atoms with Crippen molar-refractivity contribution in [3.05, 3.63) is 106 Å². The highest BCUT2D eigenvalue weighted by molar-refractivity contribution is 5.91. The van der Waals surface area contributed by atoms with E-state index in [1.54, 1.807) is 18.2 Å². The van der Waals surface area contributed by atoms with Gasteiger partial charge in [-0.15, -0.1) is 0 Å². The van der Waals surface area contributed by atoms with Crippen molar-refractivity contribution in [2.24, 2.45) is 0 Å². The van der Waals surface area contributed by atoms with Gasteiger partial charge in [-0.2, -0.15) is 0 Å². The molecule has 34 heavy (non-hydrogen) atoms. The maximum atomic E-state index is 12.5. The fourth-order valence-electron chi connectivity index (χ4n) is 3.70. The number of amides is 1. The number of ether oxygens (including phenoxy) is 1. The topological polar surface area (TPSA) is 114 Å². The lowest BCUT2D eigenvalue weighted by molar-refractivity contribution is -0.384. The van der Waals surface area contributed by atoms with Crippen molar-refractivity contribution in [2.75, 3.05) is 6.54 Å². The number of non-ortho nitro benzene ring substituents is 1. The number of esters is 1. The summed E-state index contributed by atoms with van der Waals surface area (Å²) in [5, 5.41) is 14.9. The molecule has 172 valence electrons. The van der Waals surface area contributed by atoms with Crippen molar-refractivity contribution >= 4 is 28.5 Å². The van der Waals surface area contributed by atoms with Crippen LogP contribution in [-0.4, -0.2) is 28.3 Å². The van der Waals surface area contributed by atoms with Gasteiger partial charge in [-0.1, -0.05) is 36.4 Å². The summed E-state index contributed by atoms with van der Waals surface area (Å²) in [7, 11) is 0. The number of carbonyl (C=O) groups is 2. The highest BCUT2D eigenvalue weighted by atomic mass is 16.6. The van der Waals surface area contributed by atoms with Crippen molar-refractivity contribution in [1.82, 2.24) is 10.3 Å². The number of hydrogen-bond acceptors (Lipinski definition) is 5. The van der Waals surface area contributed by atoms with Crippen LogP contribution in [0.25, 0.3) is 10.9 Å². The minimum absolute atomic E-state index is 0.0867. The first kappa shape index (κ1) is 22.7. The first-order valence-corrected chi connectivity index (χ1v) is 10.9. The van der Waals surface area contributed by atoms with Crippen LogP contribution in [0.15, 0.2) is 79.0 Å². The first-order chi connectivity index (χ1) is 16.5. The Morgan fingerprint density at radius 3 is 2.44 bits per heavy atom. The molecule has 0 fully saturated rings. The van der Waals surface area contributed by atoms with Crippen LogP contribution in [0.2, 0.25) is 0 Å². The number of carbonyl (C=O) groups excluding carboxylic acids is 2. The second-order valence-corrected chi connectivity index (χ2v) is 7.76. The zero-order chi connectivity index (χ0) is 23.9. The van der Waals surface area contributed by atoms with Gasteiger partial charge >= 0.3 is 5.97 Å². The average molecular weight is 457 g/mol. The molecule has 0 saturated heterocycles. The fraction of sp³-hybridized carbons (Fsp3) is 0.154. The van der Waals surface area contributed by atoms with E-state index in [1.807, 2.05) is 30.5 Å². The average Bonchev–Trinajstić information content (AvgIpc) is 3.26. The molecule has 0 saturated carbocycles. The molecule has 0 radical (unpaired) electrons. The Morgan fingerprint density at radius 1 is 0.912 bits per heavy atom. The summed E-state index contributed by atoms with van der Waals surface area (Å²) < 4.78 is 5.49. The van der Waals surface area contributed by atoms with Gasteiger partial charge in [-0.25, -0.2) is 4.79 Å². The number of aromatic amines is 1. The molecule has 0 unspecified atom stereocenters. The molecule has 1 aromatic heterocycles. The van der Waals surface area contributed by atoms with Gasteiger partial charge in [-0.3, -0.25) is 14.9 Å². The summed E-state index contributed by atoms with van der Waals surface area (Å²) in [6, 6.07) is 20.3. The van der Waals surface area contributed by atoms with E-state index < -0.39 is 10.9 Å². The maximum absolute atomic E-state index is 12.5. The van der Waals surface area contributed by atoms with Crippen LogP contribution in [0.5, 0.6) is 5.75 Å². The van der Waals surface area contributed by atoms with E-state index in [1.165, 1.54) is 24.3 Å². The Bertz CT molecular complexity index is 1330. The van der Waals surface area contributed by atoms with Gasteiger partial charge in [0.15, 0.2) is 0 Å². The Balaban J connectivity index is 1.29. The van der Waals surface area contributed by atoms with Gasteiger partial charge in [0.2, 0.25) is 5.91 Å². The van der Waals surface area contributed by atoms with Crippen LogP contribution >= 0.6 is 0 Å². The second kappa shape index (κ2) is 10.4. The minimum atomic E-state index is -0.620. The lowest BCUT2D eigenvalue weighted by Gasteiger charge is -2.10. The quantitative estimate of drug-likeness (QED) is 0.165. The Morgan fingerprint density at radius 2 is 1.65 bits per heavy atom. The van der Waals surface area contributed by atoms with Gasteiger partial charge in [-0.05, 0) is 48.2 Å². The molecular weight excluding hydrogens is 434 g/mol. The van der Waals surface area contributed by atoms with Gasteiger partial charge in [0.05, 0.1) is 10.5 Å². The molecule has 3 aromatic carbocycles. The van der Waals surface area contributed by atoms with Crippen LogP contribution in [0.4, 0.5) is 5.69 Å². The molecule has 0 bridgehead atoms. The zero-order valence-electron chi connectivity index (χ0n) is 18.3. The number of aromatic nitrogens is 1. The molecule has 1 amide bonds. The zero-order valence-corrected chi connectivity index (χ0v) is 18.3. The molecule has 0 spiro atoms. The lowest BCUT2D eigenvalue weighted by Crippen LogP contribution is -2.25. The molecule has 8 heteroatoms. The van der Waals surface area contributed by atoms with Gasteiger partial charge in [0.25, 0.3) is 5.69 Å². The van der Waals surface area contributed by atoms with Crippen molar-refractivity contribution in [1.29, 1.82) is 0 Å². The molecule has 1 heterocycles. The number of fused-ring (bicyclic) bond motifs is 1. The van der Waals surface area contributed by atoms with E-state index in [0.717, 1.165) is 28.5 Å². The highest BCUT2D eigenvalue weighted by Gasteiger charge is 2.14. The summed E-state index contributed by atoms with van der Waals surface area (Å²) in [4.78, 5) is 38.3. The summed E-state index contributed by atoms with van der Waals surface area (Å²) in [5.74, 6) is -0.348. The van der Waals surface area contributed by atoms with E-state index in [0.29, 0.717) is 18.7 Å². The van der Waals surface area contributed by atoms with E-state index >= 15 is 0 Å². The molecule has 0 aliphatic carbocycles. The summed E-state index contributed by atoms with van der Waals surface area (Å²) >= 11 is 0. The predicted octanol–water partition coefficient (Wildman–Crippen LogP) is 4.59. The van der Waals surface area contributed by atoms with Gasteiger partial charge < -0.3 is 15.0 Å². The van der Waals surface area contributed by atoms with Gasteiger partial charge in [0.1, 0.15) is 5.75 Å². The molecular formula is C26H23N3O5. The third-order valence-electron chi connectivity index (χ3n) is 5.50. The number of H-pyrrole nitrogens is 1. The van der Waals surface area contributed by atoms with Gasteiger partial charge in [0, 0.05) is 42.2 Å². The van der Waals surface area contributed by atoms with Crippen LogP contribution in [0.1, 0.15) is 27.9 Å². The molecule has 0 aliphatic heterocycles. The van der Waals surface area contributed by atoms with Crippen LogP contribution in [0.3, 0.4) is 0 Å². The first-order valence-electron chi connectivity index (χ1n) is 10.9. The predicted molar refractivity (Wildman–Crippen MR) is 128 cm³/mol. The standard InChI is InChI=1S/C26H23N3O5/c30-25(27-16-15-20-17-28-23-7-3-2-6-22(20)23)14-11-18-5-1-4-8-24(18)34-26(31)19-9-12-21(13-10-19)29(32)33/h1-10,12-13,17,28H,11,14-16H2,(H,27,30). The monoisotopic (exact) mass is 457 g/mol. The van der Waals surface area contributed by atoms with E-state index in [2.05, 4.69) is 16.4 Å². The third kappa shape index (κ3) is 5.47. The number of rotatable bonds is 9. The van der Waals surface area contributed by atoms with Crippen molar-refractivity contribution in [3.8, 4) is 5.75 Å². The van der Waals surface area contributed by atoms with E-state index in [9.17, 15) is 19.7 Å². The Labute approximate surface area is 195 Å². The Hall–Kier alpha value is -4.46. The maximum Gasteiger partial charge on any atom is 0.343 e. The number of benzene rings is 3. The molecule has 0 aliphatic rings. The molecule has 0 atom stereocenters. The number of nitrogens with one attached hydrogen (secondary N) is 2. The Kier molecular flexibility index (Phi) is 6.98. The lowest BCUT2D eigenvalue weighted by atomic mass is 10.1.